The molecule has 0 spiro atoms. The molecule has 0 aromatic heterocycles. The number of methoxy groups -OCH3 is 2. The van der Waals surface area contributed by atoms with Crippen molar-refractivity contribution in [1.29, 1.82) is 0 Å². The minimum absolute atomic E-state index is 0.0825. The van der Waals surface area contributed by atoms with Gasteiger partial charge in [-0.2, -0.15) is 11.8 Å². The van der Waals surface area contributed by atoms with Crippen LogP contribution in [0.3, 0.4) is 0 Å². The van der Waals surface area contributed by atoms with Crippen LogP contribution in [0.5, 0.6) is 0 Å². The van der Waals surface area contributed by atoms with Gasteiger partial charge in [-0.1, -0.05) is 36.4 Å². The molecular weight excluding hydrogens is 416 g/mol. The van der Waals surface area contributed by atoms with Crippen LogP contribution in [0.4, 0.5) is 0 Å². The summed E-state index contributed by atoms with van der Waals surface area (Å²) in [5.41, 5.74) is 2.06. The Bertz CT molecular complexity index is 735. The van der Waals surface area contributed by atoms with Crippen molar-refractivity contribution >= 4 is 23.5 Å². The van der Waals surface area contributed by atoms with Crippen molar-refractivity contribution in [3.63, 3.8) is 0 Å². The molecule has 3 unspecified atom stereocenters. The Kier molecular flexibility index (Phi) is 11.3. The third-order valence-corrected chi connectivity index (χ3v) is 6.61. The van der Waals surface area contributed by atoms with E-state index in [1.54, 1.807) is 24.9 Å². The molecule has 31 heavy (non-hydrogen) atoms. The number of aliphatic hydroxyl groups excluding tert-OH is 2. The summed E-state index contributed by atoms with van der Waals surface area (Å²) < 4.78 is 9.77. The quantitative estimate of drug-likeness (QED) is 0.271. The van der Waals surface area contributed by atoms with E-state index in [1.807, 2.05) is 30.3 Å². The van der Waals surface area contributed by atoms with Crippen molar-refractivity contribution < 1.29 is 29.3 Å². The highest BCUT2D eigenvalue weighted by Crippen LogP contribution is 2.34. The van der Waals surface area contributed by atoms with E-state index in [0.29, 0.717) is 25.9 Å². The maximum absolute atomic E-state index is 12.3. The molecule has 4 atom stereocenters. The van der Waals surface area contributed by atoms with Crippen molar-refractivity contribution in [2.24, 2.45) is 11.8 Å². The number of ketones is 1. The molecule has 2 N–H and O–H groups in total. The van der Waals surface area contributed by atoms with Crippen molar-refractivity contribution in [3.8, 4) is 0 Å². The van der Waals surface area contributed by atoms with Crippen LogP contribution in [-0.4, -0.2) is 59.9 Å². The molecule has 0 saturated heterocycles. The lowest BCUT2D eigenvalue weighted by atomic mass is 9.91. The summed E-state index contributed by atoms with van der Waals surface area (Å²) in [6.07, 6.45) is 4.60. The number of hydrogen-bond donors (Lipinski definition) is 2. The van der Waals surface area contributed by atoms with Gasteiger partial charge in [0.15, 0.2) is 0 Å². The van der Waals surface area contributed by atoms with Gasteiger partial charge in [0.05, 0.1) is 25.9 Å². The third kappa shape index (κ3) is 8.77. The van der Waals surface area contributed by atoms with Gasteiger partial charge in [-0.3, -0.25) is 9.59 Å². The number of esters is 1. The zero-order valence-corrected chi connectivity index (χ0v) is 19.2. The lowest BCUT2D eigenvalue weighted by molar-refractivity contribution is -0.140. The Morgan fingerprint density at radius 2 is 2.06 bits per heavy atom. The Morgan fingerprint density at radius 1 is 1.29 bits per heavy atom. The largest absolute Gasteiger partial charge is 0.469 e. The molecule has 1 aliphatic rings. The van der Waals surface area contributed by atoms with Crippen molar-refractivity contribution in [2.75, 3.05) is 25.7 Å². The number of benzene rings is 1. The highest BCUT2D eigenvalue weighted by atomic mass is 32.2. The molecule has 7 heteroatoms. The molecular formula is C24H34O6S. The van der Waals surface area contributed by atoms with Crippen molar-refractivity contribution in [1.82, 2.24) is 0 Å². The van der Waals surface area contributed by atoms with Gasteiger partial charge >= 0.3 is 5.97 Å². The fourth-order valence-electron chi connectivity index (χ4n) is 3.90. The van der Waals surface area contributed by atoms with Crippen LogP contribution in [0.25, 0.3) is 0 Å². The first-order valence-corrected chi connectivity index (χ1v) is 11.9. The third-order valence-electron chi connectivity index (χ3n) is 5.51. The predicted molar refractivity (Wildman–Crippen MR) is 122 cm³/mol. The van der Waals surface area contributed by atoms with Gasteiger partial charge in [0.1, 0.15) is 5.78 Å². The van der Waals surface area contributed by atoms with E-state index < -0.39 is 12.2 Å². The van der Waals surface area contributed by atoms with Crippen LogP contribution < -0.4 is 0 Å². The minimum Gasteiger partial charge on any atom is -0.469 e. The monoisotopic (exact) mass is 450 g/mol. The number of aliphatic hydroxyl groups is 2. The second-order valence-electron chi connectivity index (χ2n) is 7.91. The van der Waals surface area contributed by atoms with E-state index in [0.717, 1.165) is 29.1 Å². The summed E-state index contributed by atoms with van der Waals surface area (Å²) in [5, 5.41) is 20.8. The molecule has 0 radical (unpaired) electrons. The van der Waals surface area contributed by atoms with Crippen LogP contribution in [-0.2, 0) is 32.1 Å². The van der Waals surface area contributed by atoms with Gasteiger partial charge in [0.25, 0.3) is 0 Å². The summed E-state index contributed by atoms with van der Waals surface area (Å²) in [7, 11) is 3.03. The number of rotatable bonds is 13. The van der Waals surface area contributed by atoms with E-state index in [2.05, 4.69) is 4.74 Å². The maximum atomic E-state index is 12.3. The first kappa shape index (κ1) is 25.6. The SMILES string of the molecule is COCc1cccc(CC(O)/C=C/[C@H]2C(O)CC(=O)C2CCSCCCC(=O)OC)c1. The first-order chi connectivity index (χ1) is 14.9. The van der Waals surface area contributed by atoms with E-state index in [4.69, 9.17) is 4.74 Å². The second-order valence-corrected chi connectivity index (χ2v) is 9.14. The van der Waals surface area contributed by atoms with Gasteiger partial charge in [-0.05, 0) is 35.5 Å². The Labute approximate surface area is 189 Å². The zero-order valence-electron chi connectivity index (χ0n) is 18.4. The number of carbonyl (C=O) groups is 2. The molecule has 0 bridgehead atoms. The lowest BCUT2D eigenvalue weighted by Gasteiger charge is -2.18. The van der Waals surface area contributed by atoms with Crippen molar-refractivity contribution in [3.05, 3.63) is 47.5 Å². The van der Waals surface area contributed by atoms with Crippen LogP contribution in [0.1, 0.15) is 36.8 Å². The fourth-order valence-corrected chi connectivity index (χ4v) is 4.88. The number of ether oxygens (including phenoxy) is 2. The van der Waals surface area contributed by atoms with E-state index in [1.165, 1.54) is 7.11 Å². The molecule has 0 amide bonds. The zero-order chi connectivity index (χ0) is 22.6. The Hall–Kier alpha value is -1.67. The molecule has 0 heterocycles. The van der Waals surface area contributed by atoms with Gasteiger partial charge in [0, 0.05) is 38.2 Å². The summed E-state index contributed by atoms with van der Waals surface area (Å²) in [6, 6.07) is 7.89. The summed E-state index contributed by atoms with van der Waals surface area (Å²) >= 11 is 1.70. The normalized spacial score (nSPS) is 22.2. The van der Waals surface area contributed by atoms with Crippen LogP contribution >= 0.6 is 11.8 Å². The molecule has 172 valence electrons. The molecule has 1 aromatic rings. The predicted octanol–water partition coefficient (Wildman–Crippen LogP) is 2.94. The van der Waals surface area contributed by atoms with E-state index in [-0.39, 0.29) is 30.0 Å². The van der Waals surface area contributed by atoms with Gasteiger partial charge in [0.2, 0.25) is 0 Å². The summed E-state index contributed by atoms with van der Waals surface area (Å²) in [6.45, 7) is 0.526. The molecule has 1 fully saturated rings. The van der Waals surface area contributed by atoms with Gasteiger partial charge in [-0.15, -0.1) is 0 Å². The highest BCUT2D eigenvalue weighted by Gasteiger charge is 2.39. The maximum Gasteiger partial charge on any atom is 0.305 e. The van der Waals surface area contributed by atoms with Crippen LogP contribution in [0, 0.1) is 11.8 Å². The fraction of sp³-hybridized carbons (Fsp3) is 0.583. The number of carbonyl (C=O) groups excluding carboxylic acids is 2. The summed E-state index contributed by atoms with van der Waals surface area (Å²) in [4.78, 5) is 23.5. The molecule has 2 rings (SSSR count). The van der Waals surface area contributed by atoms with Crippen molar-refractivity contribution in [2.45, 2.75) is 50.9 Å². The molecule has 1 aliphatic carbocycles. The minimum atomic E-state index is -0.699. The van der Waals surface area contributed by atoms with Crippen LogP contribution in [0.2, 0.25) is 0 Å². The molecule has 0 aliphatic heterocycles. The van der Waals surface area contributed by atoms with E-state index >= 15 is 0 Å². The average Bonchev–Trinajstić information content (AvgIpc) is 3.01. The topological polar surface area (TPSA) is 93.1 Å². The second kappa shape index (κ2) is 13.7. The first-order valence-electron chi connectivity index (χ1n) is 10.7. The number of Topliss-reactive ketones (excluding diaryl/α,β-unsaturated/α-hetero) is 1. The lowest BCUT2D eigenvalue weighted by Crippen LogP contribution is -2.20. The smallest absolute Gasteiger partial charge is 0.305 e. The van der Waals surface area contributed by atoms with Gasteiger partial charge in [-0.25, -0.2) is 0 Å². The standard InChI is InChI=1S/C24H34O6S/c1-29-16-18-6-3-5-17(13-18)14-19(25)8-9-20-21(23(27)15-22(20)26)10-12-31-11-4-7-24(28)30-2/h3,5-6,8-9,13,19-22,25-26H,4,7,10-12,14-16H2,1-2H3/b9-8+/t19?,20-,21?,22?/m1/s1. The molecule has 1 aromatic carbocycles. The molecule has 1 saturated carbocycles. The number of thioether (sulfide) groups is 1. The summed E-state index contributed by atoms with van der Waals surface area (Å²) in [5.74, 6) is 1.01. The Morgan fingerprint density at radius 3 is 2.81 bits per heavy atom. The van der Waals surface area contributed by atoms with E-state index in [9.17, 15) is 19.8 Å². The highest BCUT2D eigenvalue weighted by molar-refractivity contribution is 7.99. The molecule has 6 nitrogen and oxygen atoms in total. The average molecular weight is 451 g/mol. The van der Waals surface area contributed by atoms with Gasteiger partial charge < -0.3 is 19.7 Å². The Balaban J connectivity index is 1.83. The van der Waals surface area contributed by atoms with Crippen LogP contribution in [0.15, 0.2) is 36.4 Å². The number of hydrogen-bond acceptors (Lipinski definition) is 7.